The van der Waals surface area contributed by atoms with Crippen LogP contribution in [0.5, 0.6) is 0 Å². The first kappa shape index (κ1) is 19.8. The lowest BCUT2D eigenvalue weighted by Crippen LogP contribution is -2.25. The number of amides is 1. The average Bonchev–Trinajstić information content (AvgIpc) is 2.72. The summed E-state index contributed by atoms with van der Waals surface area (Å²) >= 11 is 0. The first-order valence-electron chi connectivity index (χ1n) is 8.91. The maximum atomic E-state index is 12.7. The van der Waals surface area contributed by atoms with Gasteiger partial charge >= 0.3 is 5.97 Å². The number of benzene rings is 1. The Bertz CT molecular complexity index is 1210. The van der Waals surface area contributed by atoms with Crippen molar-refractivity contribution in [2.75, 3.05) is 11.9 Å². The van der Waals surface area contributed by atoms with E-state index < -0.39 is 23.9 Å². The number of hydrogen-bond acceptors (Lipinski definition) is 6. The van der Waals surface area contributed by atoms with E-state index in [4.69, 9.17) is 10.00 Å². The molecule has 0 unspecified atom stereocenters. The molecule has 3 rings (SSSR count). The largest absolute Gasteiger partial charge is 0.452 e. The van der Waals surface area contributed by atoms with Crippen LogP contribution in [0.15, 0.2) is 47.4 Å². The second-order valence-electron chi connectivity index (χ2n) is 6.26. The van der Waals surface area contributed by atoms with E-state index in [9.17, 15) is 14.4 Å². The summed E-state index contributed by atoms with van der Waals surface area (Å²) in [6.45, 7) is 3.59. The molecular formula is C21H18N4O4. The normalized spacial score (nSPS) is 10.4. The van der Waals surface area contributed by atoms with Crippen molar-refractivity contribution in [3.8, 4) is 6.07 Å². The van der Waals surface area contributed by atoms with Crippen LogP contribution in [0.1, 0.15) is 28.5 Å². The molecule has 0 aliphatic rings. The minimum Gasteiger partial charge on any atom is -0.452 e. The van der Waals surface area contributed by atoms with Crippen molar-refractivity contribution >= 4 is 28.6 Å². The fraction of sp³-hybridized carbons (Fsp3) is 0.190. The highest BCUT2D eigenvalue weighted by molar-refractivity contribution is 5.97. The average molecular weight is 390 g/mol. The van der Waals surface area contributed by atoms with Crippen LogP contribution in [0.4, 0.5) is 5.69 Å². The zero-order valence-electron chi connectivity index (χ0n) is 15.9. The molecule has 8 nitrogen and oxygen atoms in total. The van der Waals surface area contributed by atoms with Crippen LogP contribution in [-0.4, -0.2) is 28.0 Å². The fourth-order valence-corrected chi connectivity index (χ4v) is 2.83. The third kappa shape index (κ3) is 4.14. The summed E-state index contributed by atoms with van der Waals surface area (Å²) in [4.78, 5) is 41.6. The molecular weight excluding hydrogens is 372 g/mol. The highest BCUT2D eigenvalue weighted by Gasteiger charge is 2.18. The molecule has 0 spiro atoms. The summed E-state index contributed by atoms with van der Waals surface area (Å²) in [5.74, 6) is -1.52. The minimum absolute atomic E-state index is 0.171. The van der Waals surface area contributed by atoms with Crippen molar-refractivity contribution < 1.29 is 14.3 Å². The second kappa shape index (κ2) is 8.35. The predicted octanol–water partition coefficient (Wildman–Crippen LogP) is 2.39. The molecule has 0 radical (unpaired) electrons. The van der Waals surface area contributed by atoms with Crippen molar-refractivity contribution in [3.05, 3.63) is 69.6 Å². The number of aromatic nitrogens is 2. The number of carbonyl (C=O) groups excluding carboxylic acids is 2. The summed E-state index contributed by atoms with van der Waals surface area (Å²) in [6, 6.07) is 11.7. The molecule has 29 heavy (non-hydrogen) atoms. The number of nitrogens with one attached hydrogen (secondary N) is 1. The van der Waals surface area contributed by atoms with E-state index in [0.29, 0.717) is 23.3 Å². The van der Waals surface area contributed by atoms with Gasteiger partial charge in [0.1, 0.15) is 17.3 Å². The second-order valence-corrected chi connectivity index (χ2v) is 6.26. The molecule has 2 aromatic heterocycles. The summed E-state index contributed by atoms with van der Waals surface area (Å²) in [5, 5.41) is 11.9. The van der Waals surface area contributed by atoms with Gasteiger partial charge < -0.3 is 14.6 Å². The van der Waals surface area contributed by atoms with E-state index in [-0.39, 0.29) is 11.1 Å². The number of esters is 1. The number of carbonyl (C=O) groups is 2. The quantitative estimate of drug-likeness (QED) is 0.669. The SMILES string of the molecule is CCn1cc(C(=O)OCC(=O)Nc2ccccc2C#N)c(=O)c2ccc(C)nc21. The number of nitriles is 1. The number of ether oxygens (including phenoxy) is 1. The Hall–Kier alpha value is -3.99. The predicted molar refractivity (Wildman–Crippen MR) is 106 cm³/mol. The molecule has 8 heteroatoms. The van der Waals surface area contributed by atoms with Crippen LogP contribution in [0.25, 0.3) is 11.0 Å². The standard InChI is InChI=1S/C21H18N4O4/c1-3-25-11-16(19(27)15-9-8-13(2)23-20(15)25)21(28)29-12-18(26)24-17-7-5-4-6-14(17)10-22/h4-9,11H,3,12H2,1-2H3,(H,24,26). The van der Waals surface area contributed by atoms with Gasteiger partial charge in [-0.2, -0.15) is 5.26 Å². The molecule has 0 saturated heterocycles. The molecule has 2 heterocycles. The van der Waals surface area contributed by atoms with Gasteiger partial charge in [-0.15, -0.1) is 0 Å². The van der Waals surface area contributed by atoms with Gasteiger partial charge in [0.05, 0.1) is 16.6 Å². The molecule has 146 valence electrons. The Kier molecular flexibility index (Phi) is 5.69. The van der Waals surface area contributed by atoms with Gasteiger partial charge in [-0.25, -0.2) is 9.78 Å². The van der Waals surface area contributed by atoms with E-state index in [2.05, 4.69) is 10.3 Å². The maximum Gasteiger partial charge on any atom is 0.344 e. The van der Waals surface area contributed by atoms with Crippen LogP contribution in [0.3, 0.4) is 0 Å². The van der Waals surface area contributed by atoms with Crippen LogP contribution in [-0.2, 0) is 16.1 Å². The molecule has 0 bridgehead atoms. The van der Waals surface area contributed by atoms with E-state index in [1.54, 1.807) is 41.0 Å². The Balaban J connectivity index is 1.79. The molecule has 0 fully saturated rings. The Morgan fingerprint density at radius 3 is 2.72 bits per heavy atom. The monoisotopic (exact) mass is 390 g/mol. The number of hydrogen-bond donors (Lipinski definition) is 1. The highest BCUT2D eigenvalue weighted by atomic mass is 16.5. The van der Waals surface area contributed by atoms with Gasteiger partial charge in [0.2, 0.25) is 5.43 Å². The molecule has 0 saturated carbocycles. The first-order chi connectivity index (χ1) is 13.9. The number of aryl methyl sites for hydroxylation is 2. The Morgan fingerprint density at radius 1 is 1.24 bits per heavy atom. The van der Waals surface area contributed by atoms with Gasteiger partial charge in [-0.05, 0) is 38.1 Å². The minimum atomic E-state index is -0.900. The lowest BCUT2D eigenvalue weighted by molar-refractivity contribution is -0.119. The van der Waals surface area contributed by atoms with Gasteiger partial charge in [0.25, 0.3) is 5.91 Å². The van der Waals surface area contributed by atoms with Crippen molar-refractivity contribution in [2.45, 2.75) is 20.4 Å². The number of para-hydroxylation sites is 1. The van der Waals surface area contributed by atoms with E-state index in [1.165, 1.54) is 6.20 Å². The smallest absolute Gasteiger partial charge is 0.344 e. The maximum absolute atomic E-state index is 12.7. The lowest BCUT2D eigenvalue weighted by atomic mass is 10.2. The zero-order chi connectivity index (χ0) is 21.0. The van der Waals surface area contributed by atoms with Gasteiger partial charge in [-0.3, -0.25) is 9.59 Å². The summed E-state index contributed by atoms with van der Waals surface area (Å²) in [7, 11) is 0. The first-order valence-corrected chi connectivity index (χ1v) is 8.91. The molecule has 0 aliphatic heterocycles. The van der Waals surface area contributed by atoms with Crippen LogP contribution >= 0.6 is 0 Å². The fourth-order valence-electron chi connectivity index (χ4n) is 2.83. The van der Waals surface area contributed by atoms with Crippen LogP contribution in [0.2, 0.25) is 0 Å². The van der Waals surface area contributed by atoms with Crippen molar-refractivity contribution in [1.29, 1.82) is 5.26 Å². The molecule has 1 N–H and O–H groups in total. The van der Waals surface area contributed by atoms with Gasteiger partial charge in [0.15, 0.2) is 6.61 Å². The molecule has 3 aromatic rings. The molecule has 1 aromatic carbocycles. The van der Waals surface area contributed by atoms with E-state index in [0.717, 1.165) is 5.69 Å². The summed E-state index contributed by atoms with van der Waals surface area (Å²) in [5.41, 5.74) is 1.17. The third-order valence-electron chi connectivity index (χ3n) is 4.28. The van der Waals surface area contributed by atoms with Gasteiger partial charge in [0, 0.05) is 18.4 Å². The molecule has 0 atom stereocenters. The zero-order valence-corrected chi connectivity index (χ0v) is 15.9. The number of nitrogens with zero attached hydrogens (tertiary/aromatic N) is 3. The number of pyridine rings is 2. The molecule has 1 amide bonds. The Morgan fingerprint density at radius 2 is 2.00 bits per heavy atom. The van der Waals surface area contributed by atoms with Gasteiger partial charge in [-0.1, -0.05) is 12.1 Å². The lowest BCUT2D eigenvalue weighted by Gasteiger charge is -2.11. The van der Waals surface area contributed by atoms with Crippen LogP contribution in [0, 0.1) is 18.3 Å². The topological polar surface area (TPSA) is 114 Å². The molecule has 0 aliphatic carbocycles. The van der Waals surface area contributed by atoms with Crippen molar-refractivity contribution in [2.24, 2.45) is 0 Å². The van der Waals surface area contributed by atoms with E-state index >= 15 is 0 Å². The summed E-state index contributed by atoms with van der Waals surface area (Å²) < 4.78 is 6.71. The third-order valence-corrected chi connectivity index (χ3v) is 4.28. The Labute approximate surface area is 166 Å². The van der Waals surface area contributed by atoms with Crippen LogP contribution < -0.4 is 10.7 Å². The van der Waals surface area contributed by atoms with Crippen molar-refractivity contribution in [3.63, 3.8) is 0 Å². The number of anilines is 1. The number of rotatable bonds is 5. The van der Waals surface area contributed by atoms with Crippen molar-refractivity contribution in [1.82, 2.24) is 9.55 Å². The summed E-state index contributed by atoms with van der Waals surface area (Å²) in [6.07, 6.45) is 1.39. The number of fused-ring (bicyclic) bond motifs is 1. The van der Waals surface area contributed by atoms with E-state index in [1.807, 2.05) is 19.9 Å². The highest BCUT2D eigenvalue weighted by Crippen LogP contribution is 2.14.